The quantitative estimate of drug-likeness (QED) is 0.860. The molecule has 1 saturated heterocycles. The van der Waals surface area contributed by atoms with E-state index < -0.39 is 0 Å². The van der Waals surface area contributed by atoms with Crippen LogP contribution < -0.4 is 10.1 Å². The van der Waals surface area contributed by atoms with Crippen molar-refractivity contribution in [1.29, 1.82) is 0 Å². The van der Waals surface area contributed by atoms with Crippen LogP contribution in [0, 0.1) is 6.92 Å². The van der Waals surface area contributed by atoms with Crippen molar-refractivity contribution in [1.82, 2.24) is 10.2 Å². The molecule has 100 valence electrons. The molecule has 0 unspecified atom stereocenters. The molecule has 2 rings (SSSR count). The number of nitrogens with zero attached hydrogens (tertiary/aromatic N) is 1. The lowest BCUT2D eigenvalue weighted by molar-refractivity contribution is 0.244. The SMILES string of the molecule is CCOc1ccc(CCN2CCNCC2)cc1C. The standard InChI is InChI=1S/C15H24N2O/c1-3-18-15-5-4-14(12-13(15)2)6-9-17-10-7-16-8-11-17/h4-5,12,16H,3,6-11H2,1-2H3. The topological polar surface area (TPSA) is 24.5 Å². The Hall–Kier alpha value is -1.06. The minimum Gasteiger partial charge on any atom is -0.494 e. The number of rotatable bonds is 5. The highest BCUT2D eigenvalue weighted by atomic mass is 16.5. The summed E-state index contributed by atoms with van der Waals surface area (Å²) in [6, 6.07) is 6.55. The molecule has 0 radical (unpaired) electrons. The van der Waals surface area contributed by atoms with E-state index in [9.17, 15) is 0 Å². The second-order valence-corrected chi connectivity index (χ2v) is 4.87. The van der Waals surface area contributed by atoms with Crippen molar-refractivity contribution >= 4 is 0 Å². The number of aryl methyl sites for hydroxylation is 1. The minimum atomic E-state index is 0.737. The van der Waals surface area contributed by atoms with Gasteiger partial charge in [-0.25, -0.2) is 0 Å². The van der Waals surface area contributed by atoms with E-state index in [1.54, 1.807) is 0 Å². The van der Waals surface area contributed by atoms with Gasteiger partial charge in [0.1, 0.15) is 5.75 Å². The first-order valence-corrected chi connectivity index (χ1v) is 6.95. The van der Waals surface area contributed by atoms with Crippen LogP contribution in [0.4, 0.5) is 0 Å². The molecule has 0 atom stereocenters. The Bertz CT molecular complexity index is 373. The summed E-state index contributed by atoms with van der Waals surface area (Å²) in [4.78, 5) is 2.53. The lowest BCUT2D eigenvalue weighted by atomic mass is 10.1. The smallest absolute Gasteiger partial charge is 0.122 e. The van der Waals surface area contributed by atoms with Crippen LogP contribution in [0.15, 0.2) is 18.2 Å². The van der Waals surface area contributed by atoms with Crippen LogP contribution in [0.25, 0.3) is 0 Å². The third-order valence-electron chi connectivity index (χ3n) is 3.47. The van der Waals surface area contributed by atoms with Crippen molar-refractivity contribution in [3.05, 3.63) is 29.3 Å². The normalized spacial score (nSPS) is 16.8. The Balaban J connectivity index is 1.87. The second kappa shape index (κ2) is 6.76. The number of benzene rings is 1. The molecule has 3 nitrogen and oxygen atoms in total. The molecule has 1 heterocycles. The van der Waals surface area contributed by atoms with E-state index in [2.05, 4.69) is 35.3 Å². The first kappa shape index (κ1) is 13.4. The molecule has 0 bridgehead atoms. The van der Waals surface area contributed by atoms with Crippen molar-refractivity contribution in [2.75, 3.05) is 39.3 Å². The predicted octanol–water partition coefficient (Wildman–Crippen LogP) is 1.84. The Labute approximate surface area is 110 Å². The molecular formula is C15H24N2O. The molecule has 0 aliphatic carbocycles. The van der Waals surface area contributed by atoms with Crippen molar-refractivity contribution in [3.63, 3.8) is 0 Å². The van der Waals surface area contributed by atoms with Gasteiger partial charge in [0.05, 0.1) is 6.61 Å². The van der Waals surface area contributed by atoms with E-state index in [1.165, 1.54) is 24.2 Å². The molecule has 1 N–H and O–H groups in total. The van der Waals surface area contributed by atoms with Crippen LogP contribution in [0.2, 0.25) is 0 Å². The highest BCUT2D eigenvalue weighted by Crippen LogP contribution is 2.19. The highest BCUT2D eigenvalue weighted by molar-refractivity contribution is 5.36. The molecule has 0 amide bonds. The molecule has 1 aromatic carbocycles. The summed E-state index contributed by atoms with van der Waals surface area (Å²) in [6.45, 7) is 10.7. The largest absolute Gasteiger partial charge is 0.494 e. The van der Waals surface area contributed by atoms with E-state index in [4.69, 9.17) is 4.74 Å². The van der Waals surface area contributed by atoms with Gasteiger partial charge >= 0.3 is 0 Å². The van der Waals surface area contributed by atoms with Gasteiger partial charge in [-0.1, -0.05) is 12.1 Å². The van der Waals surface area contributed by atoms with Gasteiger partial charge < -0.3 is 15.0 Å². The lowest BCUT2D eigenvalue weighted by Gasteiger charge is -2.27. The summed E-state index contributed by atoms with van der Waals surface area (Å²) in [5.41, 5.74) is 2.66. The molecule has 0 aromatic heterocycles. The highest BCUT2D eigenvalue weighted by Gasteiger charge is 2.09. The van der Waals surface area contributed by atoms with Crippen LogP contribution in [-0.2, 0) is 6.42 Å². The molecule has 3 heteroatoms. The maximum absolute atomic E-state index is 5.57. The summed E-state index contributed by atoms with van der Waals surface area (Å²) >= 11 is 0. The summed E-state index contributed by atoms with van der Waals surface area (Å²) in [7, 11) is 0. The predicted molar refractivity (Wildman–Crippen MR) is 75.4 cm³/mol. The van der Waals surface area contributed by atoms with E-state index in [-0.39, 0.29) is 0 Å². The maximum Gasteiger partial charge on any atom is 0.122 e. The maximum atomic E-state index is 5.57. The van der Waals surface area contributed by atoms with Gasteiger partial charge in [0, 0.05) is 32.7 Å². The van der Waals surface area contributed by atoms with Gasteiger partial charge in [-0.15, -0.1) is 0 Å². The number of hydrogen-bond donors (Lipinski definition) is 1. The van der Waals surface area contributed by atoms with Crippen molar-refractivity contribution in [3.8, 4) is 5.75 Å². The second-order valence-electron chi connectivity index (χ2n) is 4.87. The van der Waals surface area contributed by atoms with Gasteiger partial charge in [0.2, 0.25) is 0 Å². The average Bonchev–Trinajstić information content (AvgIpc) is 2.41. The molecule has 0 saturated carbocycles. The molecule has 0 spiro atoms. The Morgan fingerprint density at radius 2 is 2.06 bits per heavy atom. The Morgan fingerprint density at radius 1 is 1.28 bits per heavy atom. The Kier molecular flexibility index (Phi) is 5.02. The molecular weight excluding hydrogens is 224 g/mol. The molecule has 1 aromatic rings. The molecule has 1 fully saturated rings. The fourth-order valence-corrected chi connectivity index (χ4v) is 2.41. The number of nitrogens with one attached hydrogen (secondary N) is 1. The molecule has 18 heavy (non-hydrogen) atoms. The summed E-state index contributed by atoms with van der Waals surface area (Å²) in [5, 5.41) is 3.39. The number of piperazine rings is 1. The Morgan fingerprint density at radius 3 is 2.72 bits per heavy atom. The van der Waals surface area contributed by atoms with Crippen LogP contribution in [0.3, 0.4) is 0 Å². The van der Waals surface area contributed by atoms with Crippen LogP contribution in [0.1, 0.15) is 18.1 Å². The van der Waals surface area contributed by atoms with E-state index in [1.807, 2.05) is 6.92 Å². The zero-order valence-electron chi connectivity index (χ0n) is 11.5. The summed E-state index contributed by atoms with van der Waals surface area (Å²) in [5.74, 6) is 1.02. The zero-order valence-corrected chi connectivity index (χ0v) is 11.5. The van der Waals surface area contributed by atoms with Gasteiger partial charge in [-0.05, 0) is 37.5 Å². The third kappa shape index (κ3) is 3.72. The van der Waals surface area contributed by atoms with Gasteiger partial charge in [-0.3, -0.25) is 0 Å². The van der Waals surface area contributed by atoms with E-state index in [0.29, 0.717) is 0 Å². The fraction of sp³-hybridized carbons (Fsp3) is 0.600. The monoisotopic (exact) mass is 248 g/mol. The van der Waals surface area contributed by atoms with E-state index in [0.717, 1.165) is 38.4 Å². The lowest BCUT2D eigenvalue weighted by Crippen LogP contribution is -2.44. The molecule has 1 aliphatic rings. The minimum absolute atomic E-state index is 0.737. The summed E-state index contributed by atoms with van der Waals surface area (Å²) in [6.07, 6.45) is 1.13. The number of ether oxygens (including phenoxy) is 1. The van der Waals surface area contributed by atoms with Crippen LogP contribution >= 0.6 is 0 Å². The van der Waals surface area contributed by atoms with E-state index >= 15 is 0 Å². The van der Waals surface area contributed by atoms with Crippen molar-refractivity contribution in [2.45, 2.75) is 20.3 Å². The zero-order chi connectivity index (χ0) is 12.8. The van der Waals surface area contributed by atoms with Crippen molar-refractivity contribution in [2.24, 2.45) is 0 Å². The first-order chi connectivity index (χ1) is 8.79. The van der Waals surface area contributed by atoms with Crippen LogP contribution in [0.5, 0.6) is 5.75 Å². The van der Waals surface area contributed by atoms with Gasteiger partial charge in [-0.2, -0.15) is 0 Å². The van der Waals surface area contributed by atoms with Crippen LogP contribution in [-0.4, -0.2) is 44.2 Å². The van der Waals surface area contributed by atoms with Crippen molar-refractivity contribution < 1.29 is 4.74 Å². The fourth-order valence-electron chi connectivity index (χ4n) is 2.41. The third-order valence-corrected chi connectivity index (χ3v) is 3.47. The molecule has 1 aliphatic heterocycles. The van der Waals surface area contributed by atoms with Gasteiger partial charge in [0.25, 0.3) is 0 Å². The summed E-state index contributed by atoms with van der Waals surface area (Å²) < 4.78 is 5.57. The average molecular weight is 248 g/mol. The first-order valence-electron chi connectivity index (χ1n) is 6.95. The number of hydrogen-bond acceptors (Lipinski definition) is 3. The van der Waals surface area contributed by atoms with Gasteiger partial charge in [0.15, 0.2) is 0 Å².